The van der Waals surface area contributed by atoms with Gasteiger partial charge in [0, 0.05) is 41.7 Å². The number of aromatic nitrogens is 1. The summed E-state index contributed by atoms with van der Waals surface area (Å²) in [5.41, 5.74) is 3.40. The molecule has 3 nitrogen and oxygen atoms in total. The average molecular weight is 510 g/mol. The highest BCUT2D eigenvalue weighted by molar-refractivity contribution is 7.26. The minimum absolute atomic E-state index is 0.417. The van der Waals surface area contributed by atoms with Gasteiger partial charge >= 0.3 is 7.12 Å². The quantitative estimate of drug-likeness (QED) is 0.220. The fourth-order valence-electron chi connectivity index (χ4n) is 5.35. The first-order valence-electron chi connectivity index (χ1n) is 12.2. The van der Waals surface area contributed by atoms with Crippen molar-refractivity contribution in [3.8, 4) is 5.69 Å². The number of hydrogen-bond acceptors (Lipinski definition) is 3. The largest absolute Gasteiger partial charge is 0.494 e. The second kappa shape index (κ2) is 7.59. The van der Waals surface area contributed by atoms with Crippen molar-refractivity contribution in [3.63, 3.8) is 0 Å². The van der Waals surface area contributed by atoms with Crippen LogP contribution in [0.1, 0.15) is 27.7 Å². The summed E-state index contributed by atoms with van der Waals surface area (Å²) in [6.45, 7) is 8.28. The van der Waals surface area contributed by atoms with Gasteiger partial charge in [-0.05, 0) is 69.6 Å². The molecule has 0 spiro atoms. The van der Waals surface area contributed by atoms with E-state index in [1.165, 1.54) is 30.9 Å². The van der Waals surface area contributed by atoms with Crippen LogP contribution in [0.5, 0.6) is 0 Å². The summed E-state index contributed by atoms with van der Waals surface area (Å²) < 4.78 is 17.6. The van der Waals surface area contributed by atoms with Gasteiger partial charge in [0.25, 0.3) is 0 Å². The summed E-state index contributed by atoms with van der Waals surface area (Å²) in [7, 11) is -0.477. The van der Waals surface area contributed by atoms with E-state index in [-0.39, 0.29) is 0 Å². The van der Waals surface area contributed by atoms with Crippen LogP contribution in [0, 0.1) is 0 Å². The van der Waals surface area contributed by atoms with Crippen LogP contribution < -0.4 is 5.46 Å². The molecule has 0 amide bonds. The molecule has 0 unspecified atom stereocenters. The minimum atomic E-state index is -0.477. The lowest BCUT2D eigenvalue weighted by molar-refractivity contribution is 0.00578. The molecular weight excluding hydrogens is 485 g/mol. The summed E-state index contributed by atoms with van der Waals surface area (Å²) in [4.78, 5) is 0. The summed E-state index contributed by atoms with van der Waals surface area (Å²) in [5, 5.41) is 5.78. The van der Waals surface area contributed by atoms with Gasteiger partial charge in [0.15, 0.2) is 0 Å². The lowest BCUT2D eigenvalue weighted by Crippen LogP contribution is -2.41. The van der Waals surface area contributed by atoms with Crippen molar-refractivity contribution in [2.75, 3.05) is 0 Å². The average Bonchev–Trinajstić information content (AvgIpc) is 3.45. The molecule has 1 aliphatic heterocycles. The lowest BCUT2D eigenvalue weighted by Gasteiger charge is -2.32. The van der Waals surface area contributed by atoms with Gasteiger partial charge < -0.3 is 13.9 Å². The van der Waals surface area contributed by atoms with Crippen LogP contribution in [0.3, 0.4) is 0 Å². The van der Waals surface area contributed by atoms with E-state index in [4.69, 9.17) is 20.9 Å². The predicted octanol–water partition coefficient (Wildman–Crippen LogP) is 8.10. The Kier molecular flexibility index (Phi) is 4.72. The SMILES string of the molecule is CC1(C)OB(c2cc(Cl)cc(-n3c4ccccc4c4c5sc6ccccc6c5ccc43)c2)OC1(C)C. The molecule has 7 rings (SSSR count). The topological polar surface area (TPSA) is 23.4 Å². The summed E-state index contributed by atoms with van der Waals surface area (Å²) in [6.07, 6.45) is 0. The molecule has 1 saturated heterocycles. The number of halogens is 1. The first-order chi connectivity index (χ1) is 17.2. The highest BCUT2D eigenvalue weighted by Gasteiger charge is 2.51. The van der Waals surface area contributed by atoms with Crippen LogP contribution in [0.15, 0.2) is 78.9 Å². The molecular formula is C30H25BClNO2S. The maximum Gasteiger partial charge on any atom is 0.494 e. The Morgan fingerprint density at radius 3 is 2.22 bits per heavy atom. The maximum atomic E-state index is 6.72. The number of hydrogen-bond donors (Lipinski definition) is 0. The molecule has 36 heavy (non-hydrogen) atoms. The fraction of sp³-hybridized carbons (Fsp3) is 0.200. The monoisotopic (exact) mass is 509 g/mol. The van der Waals surface area contributed by atoms with Crippen molar-refractivity contribution in [1.82, 2.24) is 4.57 Å². The minimum Gasteiger partial charge on any atom is -0.399 e. The Morgan fingerprint density at radius 2 is 1.44 bits per heavy atom. The Hall–Kier alpha value is -2.83. The lowest BCUT2D eigenvalue weighted by atomic mass is 9.79. The number of rotatable bonds is 2. The Morgan fingerprint density at radius 1 is 0.750 bits per heavy atom. The molecule has 0 bridgehead atoms. The summed E-state index contributed by atoms with van der Waals surface area (Å²) in [6, 6.07) is 27.9. The van der Waals surface area contributed by atoms with Crippen molar-refractivity contribution in [1.29, 1.82) is 0 Å². The first-order valence-corrected chi connectivity index (χ1v) is 13.4. The van der Waals surface area contributed by atoms with E-state index in [9.17, 15) is 0 Å². The van der Waals surface area contributed by atoms with Gasteiger partial charge in [0.1, 0.15) is 0 Å². The number of nitrogens with zero attached hydrogens (tertiary/aromatic N) is 1. The highest BCUT2D eigenvalue weighted by Crippen LogP contribution is 2.43. The van der Waals surface area contributed by atoms with Gasteiger partial charge in [-0.15, -0.1) is 11.3 Å². The van der Waals surface area contributed by atoms with Crippen molar-refractivity contribution in [2.45, 2.75) is 38.9 Å². The molecule has 1 fully saturated rings. The van der Waals surface area contributed by atoms with Crippen LogP contribution in [0.4, 0.5) is 0 Å². The van der Waals surface area contributed by atoms with Crippen molar-refractivity contribution in [2.24, 2.45) is 0 Å². The number of para-hydroxylation sites is 1. The predicted molar refractivity (Wildman–Crippen MR) is 154 cm³/mol. The van der Waals surface area contributed by atoms with Crippen LogP contribution in [-0.4, -0.2) is 22.9 Å². The van der Waals surface area contributed by atoms with Gasteiger partial charge in [-0.2, -0.15) is 0 Å². The molecule has 3 heterocycles. The number of fused-ring (bicyclic) bond motifs is 7. The van der Waals surface area contributed by atoms with E-state index in [0.29, 0.717) is 5.02 Å². The fourth-order valence-corrected chi connectivity index (χ4v) is 6.85. The third-order valence-electron chi connectivity index (χ3n) is 7.87. The standard InChI is InChI=1S/C30H25BClNO2S/c1-29(2)30(3,4)35-31(34-29)18-15-19(32)17-20(16-18)33-24-11-7-5-10-23(24)27-25(33)14-13-22-21-9-6-8-12-26(21)36-28(22)27/h5-17H,1-4H3. The van der Waals surface area contributed by atoms with Crippen LogP contribution in [0.2, 0.25) is 5.02 Å². The Bertz CT molecular complexity index is 1820. The molecule has 4 aromatic carbocycles. The van der Waals surface area contributed by atoms with Gasteiger partial charge in [0.05, 0.1) is 22.2 Å². The van der Waals surface area contributed by atoms with Gasteiger partial charge in [-0.3, -0.25) is 0 Å². The zero-order chi connectivity index (χ0) is 24.8. The van der Waals surface area contributed by atoms with Gasteiger partial charge in [-0.1, -0.05) is 54.1 Å². The number of thiophene rings is 1. The number of benzene rings is 4. The molecule has 0 saturated carbocycles. The van der Waals surface area contributed by atoms with Gasteiger partial charge in [0.2, 0.25) is 0 Å². The zero-order valence-electron chi connectivity index (χ0n) is 20.6. The maximum absolute atomic E-state index is 6.72. The van der Waals surface area contributed by atoms with Crippen molar-refractivity contribution in [3.05, 3.63) is 83.9 Å². The second-order valence-electron chi connectivity index (χ2n) is 10.6. The van der Waals surface area contributed by atoms with E-state index in [1.807, 2.05) is 23.5 Å². The molecule has 0 N–H and O–H groups in total. The Labute approximate surface area is 219 Å². The van der Waals surface area contributed by atoms with Crippen molar-refractivity contribution >= 4 is 77.5 Å². The summed E-state index contributed by atoms with van der Waals surface area (Å²) in [5.74, 6) is 0. The van der Waals surface area contributed by atoms with Crippen LogP contribution >= 0.6 is 22.9 Å². The smallest absolute Gasteiger partial charge is 0.399 e. The second-order valence-corrected chi connectivity index (χ2v) is 12.1. The molecule has 6 aromatic rings. The first kappa shape index (κ1) is 22.4. The normalized spacial score (nSPS) is 17.2. The molecule has 178 valence electrons. The van der Waals surface area contributed by atoms with E-state index >= 15 is 0 Å². The third kappa shape index (κ3) is 3.13. The molecule has 6 heteroatoms. The van der Waals surface area contributed by atoms with E-state index in [1.54, 1.807) is 0 Å². The van der Waals surface area contributed by atoms with E-state index in [0.717, 1.165) is 22.2 Å². The van der Waals surface area contributed by atoms with Crippen molar-refractivity contribution < 1.29 is 9.31 Å². The Balaban J connectivity index is 1.50. The third-order valence-corrected chi connectivity index (χ3v) is 9.29. The molecule has 0 atom stereocenters. The van der Waals surface area contributed by atoms with Crippen LogP contribution in [0.25, 0.3) is 47.7 Å². The molecule has 2 aromatic heterocycles. The van der Waals surface area contributed by atoms with Crippen LogP contribution in [-0.2, 0) is 9.31 Å². The van der Waals surface area contributed by atoms with E-state index in [2.05, 4.69) is 99.0 Å². The highest BCUT2D eigenvalue weighted by atomic mass is 35.5. The van der Waals surface area contributed by atoms with Gasteiger partial charge in [-0.25, -0.2) is 0 Å². The molecule has 0 radical (unpaired) electrons. The molecule has 0 aliphatic carbocycles. The summed E-state index contributed by atoms with van der Waals surface area (Å²) >= 11 is 8.58. The molecule has 1 aliphatic rings. The zero-order valence-corrected chi connectivity index (χ0v) is 22.2. The van der Waals surface area contributed by atoms with E-state index < -0.39 is 18.3 Å².